The molecule has 2 aromatic rings. The highest BCUT2D eigenvalue weighted by molar-refractivity contribution is 7.89. The fraction of sp³-hybridized carbons (Fsp3) is 0.474. The van der Waals surface area contributed by atoms with Crippen LogP contribution in [0.25, 0.3) is 0 Å². The van der Waals surface area contributed by atoms with Gasteiger partial charge in [-0.1, -0.05) is 6.07 Å². The van der Waals surface area contributed by atoms with Crippen molar-refractivity contribution in [2.45, 2.75) is 31.2 Å². The molecular weight excluding hydrogens is 396 g/mol. The molecule has 0 unspecified atom stereocenters. The van der Waals surface area contributed by atoms with Gasteiger partial charge < -0.3 is 5.32 Å². The molecule has 0 aliphatic carbocycles. The average molecular weight is 423 g/mol. The third-order valence-corrected chi connectivity index (χ3v) is 7.52. The van der Waals surface area contributed by atoms with Gasteiger partial charge in [0, 0.05) is 37.6 Å². The lowest BCUT2D eigenvalue weighted by molar-refractivity contribution is -0.121. The Morgan fingerprint density at radius 2 is 2.04 bits per heavy atom. The lowest BCUT2D eigenvalue weighted by Gasteiger charge is -2.30. The van der Waals surface area contributed by atoms with E-state index in [1.165, 1.54) is 26.2 Å². The van der Waals surface area contributed by atoms with Gasteiger partial charge in [-0.05, 0) is 51.1 Å². The summed E-state index contributed by atoms with van der Waals surface area (Å²) < 4.78 is 25.7. The first-order valence-corrected chi connectivity index (χ1v) is 11.5. The molecule has 0 saturated carbocycles. The van der Waals surface area contributed by atoms with Crippen LogP contribution in [-0.4, -0.2) is 55.7 Å². The second-order valence-corrected chi connectivity index (χ2v) is 10.4. The molecule has 1 saturated heterocycles. The zero-order valence-electron chi connectivity index (χ0n) is 16.4. The average Bonchev–Trinajstić information content (AvgIpc) is 3.07. The molecule has 1 aliphatic heterocycles. The Bertz CT molecular complexity index is 932. The van der Waals surface area contributed by atoms with Crippen LogP contribution in [0.1, 0.15) is 23.5 Å². The summed E-state index contributed by atoms with van der Waals surface area (Å²) in [7, 11) is -0.550. The summed E-state index contributed by atoms with van der Waals surface area (Å²) in [6.07, 6.45) is 1.56. The molecule has 1 aliphatic rings. The third-order valence-electron chi connectivity index (χ3n) is 4.89. The maximum Gasteiger partial charge on any atom is 0.242 e. The number of piperidine rings is 1. The molecule has 9 heteroatoms. The third kappa shape index (κ3) is 4.96. The first-order valence-electron chi connectivity index (χ1n) is 9.22. The van der Waals surface area contributed by atoms with Crippen LogP contribution in [0.15, 0.2) is 34.5 Å². The minimum Gasteiger partial charge on any atom is -0.326 e. The number of nitrogens with zero attached hydrogens (tertiary/aromatic N) is 3. The molecule has 0 bridgehead atoms. The van der Waals surface area contributed by atoms with E-state index in [0.717, 1.165) is 47.5 Å². The number of aromatic nitrogens is 1. The first kappa shape index (κ1) is 20.9. The van der Waals surface area contributed by atoms with Crippen molar-refractivity contribution in [1.29, 1.82) is 0 Å². The van der Waals surface area contributed by atoms with E-state index in [9.17, 15) is 13.2 Å². The van der Waals surface area contributed by atoms with E-state index in [4.69, 9.17) is 0 Å². The van der Waals surface area contributed by atoms with Crippen LogP contribution < -0.4 is 5.32 Å². The Kier molecular flexibility index (Phi) is 6.49. The van der Waals surface area contributed by atoms with Crippen LogP contribution in [0.5, 0.6) is 0 Å². The maximum atomic E-state index is 12.6. The summed E-state index contributed by atoms with van der Waals surface area (Å²) in [5.74, 6) is -0.119. The monoisotopic (exact) mass is 422 g/mol. The van der Waals surface area contributed by atoms with Crippen molar-refractivity contribution in [3.63, 3.8) is 0 Å². The van der Waals surface area contributed by atoms with Crippen LogP contribution in [0.3, 0.4) is 0 Å². The van der Waals surface area contributed by atoms with Crippen molar-refractivity contribution in [2.75, 3.05) is 32.5 Å². The van der Waals surface area contributed by atoms with E-state index in [1.807, 2.05) is 6.92 Å². The van der Waals surface area contributed by atoms with Crippen LogP contribution >= 0.6 is 11.3 Å². The Hall–Kier alpha value is -1.81. The number of carbonyl (C=O) groups excluding carboxylic acids is 1. The van der Waals surface area contributed by atoms with E-state index in [0.29, 0.717) is 5.69 Å². The molecule has 1 aromatic heterocycles. The zero-order chi connectivity index (χ0) is 20.3. The minimum absolute atomic E-state index is 0.0523. The van der Waals surface area contributed by atoms with Gasteiger partial charge in [-0.3, -0.25) is 9.69 Å². The molecule has 0 spiro atoms. The topological polar surface area (TPSA) is 82.6 Å². The largest absolute Gasteiger partial charge is 0.326 e. The van der Waals surface area contributed by atoms with Crippen LogP contribution in [0, 0.1) is 12.8 Å². The van der Waals surface area contributed by atoms with Crippen LogP contribution in [0.2, 0.25) is 0 Å². The van der Waals surface area contributed by atoms with E-state index >= 15 is 0 Å². The molecule has 2 heterocycles. The van der Waals surface area contributed by atoms with Gasteiger partial charge in [-0.25, -0.2) is 17.7 Å². The number of carbonyl (C=O) groups is 1. The van der Waals surface area contributed by atoms with E-state index in [2.05, 4.69) is 20.6 Å². The van der Waals surface area contributed by atoms with Gasteiger partial charge in [-0.2, -0.15) is 0 Å². The van der Waals surface area contributed by atoms with E-state index in [-0.39, 0.29) is 16.7 Å². The molecular formula is C19H26N4O3S2. The van der Waals surface area contributed by atoms with Crippen LogP contribution in [0.4, 0.5) is 5.69 Å². The quantitative estimate of drug-likeness (QED) is 0.774. The van der Waals surface area contributed by atoms with Crippen molar-refractivity contribution < 1.29 is 13.2 Å². The van der Waals surface area contributed by atoms with Crippen molar-refractivity contribution in [3.8, 4) is 0 Å². The van der Waals surface area contributed by atoms with Gasteiger partial charge in [0.25, 0.3) is 0 Å². The Labute approximate surface area is 170 Å². The van der Waals surface area contributed by atoms with Crippen molar-refractivity contribution >= 4 is 33.0 Å². The van der Waals surface area contributed by atoms with Gasteiger partial charge in [0.1, 0.15) is 0 Å². The second-order valence-electron chi connectivity index (χ2n) is 7.21. The number of rotatable bonds is 6. The number of hydrogen-bond acceptors (Lipinski definition) is 6. The van der Waals surface area contributed by atoms with Gasteiger partial charge in [0.15, 0.2) is 0 Å². The normalized spacial score (nSPS) is 16.4. The molecule has 7 nitrogen and oxygen atoms in total. The number of anilines is 1. The molecule has 1 aromatic carbocycles. The summed E-state index contributed by atoms with van der Waals surface area (Å²) in [5.41, 5.74) is 1.60. The lowest BCUT2D eigenvalue weighted by Crippen LogP contribution is -2.37. The smallest absolute Gasteiger partial charge is 0.242 e. The summed E-state index contributed by atoms with van der Waals surface area (Å²) >= 11 is 1.66. The lowest BCUT2D eigenvalue weighted by atomic mass is 9.95. The Morgan fingerprint density at radius 3 is 2.64 bits per heavy atom. The number of aryl methyl sites for hydroxylation is 1. The van der Waals surface area contributed by atoms with Crippen molar-refractivity contribution in [3.05, 3.63) is 40.3 Å². The number of sulfonamides is 1. The Morgan fingerprint density at radius 1 is 1.32 bits per heavy atom. The number of thiazole rings is 1. The fourth-order valence-corrected chi connectivity index (χ4v) is 4.80. The van der Waals surface area contributed by atoms with E-state index in [1.54, 1.807) is 23.5 Å². The summed E-state index contributed by atoms with van der Waals surface area (Å²) in [4.78, 5) is 19.6. The number of nitrogens with one attached hydrogen (secondary N) is 1. The summed E-state index contributed by atoms with van der Waals surface area (Å²) in [6.45, 7) is 4.53. The molecule has 0 atom stereocenters. The standard InChI is InChI=1S/C19H26N4O3S2/c1-14-20-17(13-27-14)12-23-9-7-15(8-10-23)19(24)21-16-5-4-6-18(11-16)28(25,26)22(2)3/h4-6,11,13,15H,7-10,12H2,1-3H3,(H,21,24). The van der Waals surface area contributed by atoms with Crippen molar-refractivity contribution in [1.82, 2.24) is 14.2 Å². The summed E-state index contributed by atoms with van der Waals surface area (Å²) in [6, 6.07) is 6.40. The maximum absolute atomic E-state index is 12.6. The highest BCUT2D eigenvalue weighted by Gasteiger charge is 2.26. The predicted molar refractivity (Wildman–Crippen MR) is 111 cm³/mol. The van der Waals surface area contributed by atoms with Crippen molar-refractivity contribution in [2.24, 2.45) is 5.92 Å². The molecule has 28 heavy (non-hydrogen) atoms. The zero-order valence-corrected chi connectivity index (χ0v) is 18.0. The number of likely N-dealkylation sites (tertiary alicyclic amines) is 1. The van der Waals surface area contributed by atoms with Gasteiger partial charge in [0.05, 0.1) is 15.6 Å². The number of hydrogen-bond donors (Lipinski definition) is 1. The molecule has 1 N–H and O–H groups in total. The number of benzene rings is 1. The highest BCUT2D eigenvalue weighted by atomic mass is 32.2. The fourth-order valence-electron chi connectivity index (χ4n) is 3.25. The second kappa shape index (κ2) is 8.69. The highest BCUT2D eigenvalue weighted by Crippen LogP contribution is 2.23. The molecule has 0 radical (unpaired) electrons. The molecule has 1 amide bonds. The van der Waals surface area contributed by atoms with Crippen LogP contribution in [-0.2, 0) is 21.4 Å². The summed E-state index contributed by atoms with van der Waals surface area (Å²) in [5, 5.41) is 6.04. The molecule has 152 valence electrons. The molecule has 1 fully saturated rings. The SMILES string of the molecule is Cc1nc(CN2CCC(C(=O)Nc3cccc(S(=O)(=O)N(C)C)c3)CC2)cs1. The van der Waals surface area contributed by atoms with E-state index < -0.39 is 10.0 Å². The predicted octanol–water partition coefficient (Wildman–Crippen LogP) is 2.55. The number of amides is 1. The van der Waals surface area contributed by atoms with Gasteiger partial charge in [0.2, 0.25) is 15.9 Å². The first-order chi connectivity index (χ1) is 13.3. The molecule has 3 rings (SSSR count). The van der Waals surface area contributed by atoms with Gasteiger partial charge >= 0.3 is 0 Å². The Balaban J connectivity index is 1.56. The minimum atomic E-state index is -3.53. The van der Waals surface area contributed by atoms with Gasteiger partial charge in [-0.15, -0.1) is 11.3 Å².